The zero-order chi connectivity index (χ0) is 21.2. The fraction of sp³-hybridized carbons (Fsp3) is 0.333. The topological polar surface area (TPSA) is 87.7 Å². The molecule has 2 rings (SSSR count). The number of ether oxygens (including phenoxy) is 1. The SMILES string of the molecule is CSCCC(NCc1cc(Cl)ccc1OCC(=O)Nc1ccc(C)cc1)C(=O)O. The summed E-state index contributed by atoms with van der Waals surface area (Å²) in [6, 6.07) is 11.9. The van der Waals surface area contributed by atoms with Gasteiger partial charge in [-0.3, -0.25) is 9.59 Å². The van der Waals surface area contributed by atoms with Gasteiger partial charge in [0.2, 0.25) is 0 Å². The first-order valence-electron chi connectivity index (χ1n) is 9.12. The van der Waals surface area contributed by atoms with Crippen molar-refractivity contribution in [2.75, 3.05) is 23.9 Å². The van der Waals surface area contributed by atoms with Gasteiger partial charge in [-0.15, -0.1) is 0 Å². The van der Waals surface area contributed by atoms with Crippen LogP contribution < -0.4 is 15.4 Å². The molecule has 8 heteroatoms. The first kappa shape index (κ1) is 23.1. The molecule has 29 heavy (non-hydrogen) atoms. The Morgan fingerprint density at radius 2 is 1.93 bits per heavy atom. The van der Waals surface area contributed by atoms with Crippen molar-refractivity contribution < 1.29 is 19.4 Å². The molecule has 6 nitrogen and oxygen atoms in total. The van der Waals surface area contributed by atoms with Crippen LogP contribution in [0.3, 0.4) is 0 Å². The molecule has 1 atom stereocenters. The third-order valence-electron chi connectivity index (χ3n) is 4.16. The van der Waals surface area contributed by atoms with Crippen molar-refractivity contribution in [1.29, 1.82) is 0 Å². The van der Waals surface area contributed by atoms with E-state index in [1.807, 2.05) is 37.4 Å². The van der Waals surface area contributed by atoms with Crippen molar-refractivity contribution in [3.05, 3.63) is 58.6 Å². The highest BCUT2D eigenvalue weighted by Crippen LogP contribution is 2.23. The summed E-state index contributed by atoms with van der Waals surface area (Å²) in [5, 5.41) is 15.7. The van der Waals surface area contributed by atoms with Gasteiger partial charge in [-0.25, -0.2) is 0 Å². The van der Waals surface area contributed by atoms with Gasteiger partial charge in [0.1, 0.15) is 11.8 Å². The predicted octanol–water partition coefficient (Wildman–Crippen LogP) is 3.96. The number of halogens is 1. The summed E-state index contributed by atoms with van der Waals surface area (Å²) in [7, 11) is 0. The Hall–Kier alpha value is -2.22. The molecule has 0 bridgehead atoms. The molecular weight excluding hydrogens is 412 g/mol. The van der Waals surface area contributed by atoms with Crippen molar-refractivity contribution in [2.45, 2.75) is 25.9 Å². The summed E-state index contributed by atoms with van der Waals surface area (Å²) in [5.74, 6) is 0.0317. The standard InChI is InChI=1S/C21H25ClN2O4S/c1-14-3-6-17(7-4-14)24-20(25)13-28-19-8-5-16(22)11-15(19)12-23-18(21(26)27)9-10-29-2/h3-8,11,18,23H,9-10,12-13H2,1-2H3,(H,24,25)(H,26,27). The molecule has 0 aliphatic rings. The van der Waals surface area contributed by atoms with Crippen LogP contribution in [0, 0.1) is 6.92 Å². The molecule has 0 saturated carbocycles. The molecule has 1 amide bonds. The lowest BCUT2D eigenvalue weighted by Crippen LogP contribution is -2.36. The van der Waals surface area contributed by atoms with Crippen molar-refractivity contribution in [3.8, 4) is 5.75 Å². The zero-order valence-corrected chi connectivity index (χ0v) is 18.0. The Kier molecular flexibility index (Phi) is 9.31. The van der Waals surface area contributed by atoms with E-state index in [1.54, 1.807) is 30.0 Å². The lowest BCUT2D eigenvalue weighted by molar-refractivity contribution is -0.139. The molecule has 0 aliphatic heterocycles. The van der Waals surface area contributed by atoms with Crippen LogP contribution >= 0.6 is 23.4 Å². The number of carbonyl (C=O) groups excluding carboxylic acids is 1. The molecular formula is C21H25ClN2O4S. The Balaban J connectivity index is 1.97. The van der Waals surface area contributed by atoms with Gasteiger partial charge < -0.3 is 20.5 Å². The third-order valence-corrected chi connectivity index (χ3v) is 5.04. The van der Waals surface area contributed by atoms with Crippen LogP contribution in [-0.4, -0.2) is 41.6 Å². The first-order valence-corrected chi connectivity index (χ1v) is 10.9. The van der Waals surface area contributed by atoms with Gasteiger partial charge in [-0.2, -0.15) is 11.8 Å². The lowest BCUT2D eigenvalue weighted by Gasteiger charge is -2.16. The van der Waals surface area contributed by atoms with Crippen molar-refractivity contribution >= 4 is 40.9 Å². The predicted molar refractivity (Wildman–Crippen MR) is 118 cm³/mol. The minimum atomic E-state index is -0.902. The number of carboxylic acids is 1. The molecule has 0 radical (unpaired) electrons. The van der Waals surface area contributed by atoms with E-state index in [1.165, 1.54) is 0 Å². The van der Waals surface area contributed by atoms with Gasteiger partial charge in [0.05, 0.1) is 0 Å². The summed E-state index contributed by atoms with van der Waals surface area (Å²) in [6.45, 7) is 2.07. The second-order valence-electron chi connectivity index (χ2n) is 6.51. The number of hydrogen-bond donors (Lipinski definition) is 3. The third kappa shape index (κ3) is 7.97. The number of anilines is 1. The van der Waals surface area contributed by atoms with E-state index >= 15 is 0 Å². The maximum Gasteiger partial charge on any atom is 0.320 e. The minimum Gasteiger partial charge on any atom is -0.483 e. The maximum atomic E-state index is 12.2. The number of aliphatic carboxylic acids is 1. The largest absolute Gasteiger partial charge is 0.483 e. The van der Waals surface area contributed by atoms with Crippen molar-refractivity contribution in [3.63, 3.8) is 0 Å². The molecule has 0 heterocycles. The van der Waals surface area contributed by atoms with E-state index in [-0.39, 0.29) is 19.1 Å². The van der Waals surface area contributed by atoms with Crippen molar-refractivity contribution in [1.82, 2.24) is 5.32 Å². The molecule has 0 spiro atoms. The monoisotopic (exact) mass is 436 g/mol. The molecule has 0 aliphatic carbocycles. The Bertz CT molecular complexity index is 830. The fourth-order valence-electron chi connectivity index (χ4n) is 2.59. The van der Waals surface area contributed by atoms with Gasteiger partial charge in [0.15, 0.2) is 6.61 Å². The van der Waals surface area contributed by atoms with Gasteiger partial charge in [-0.05, 0) is 55.7 Å². The van der Waals surface area contributed by atoms with Gasteiger partial charge in [0, 0.05) is 22.8 Å². The van der Waals surface area contributed by atoms with Crippen LogP contribution in [0.2, 0.25) is 5.02 Å². The van der Waals surface area contributed by atoms with E-state index in [2.05, 4.69) is 10.6 Å². The number of carbonyl (C=O) groups is 2. The number of nitrogens with one attached hydrogen (secondary N) is 2. The minimum absolute atomic E-state index is 0.169. The average Bonchev–Trinajstić information content (AvgIpc) is 2.69. The van der Waals surface area contributed by atoms with Gasteiger partial charge in [-0.1, -0.05) is 29.3 Å². The van der Waals surface area contributed by atoms with Gasteiger partial charge >= 0.3 is 5.97 Å². The second-order valence-corrected chi connectivity index (χ2v) is 7.93. The van der Waals surface area contributed by atoms with Crippen LogP contribution in [0.4, 0.5) is 5.69 Å². The molecule has 0 saturated heterocycles. The zero-order valence-electron chi connectivity index (χ0n) is 16.4. The lowest BCUT2D eigenvalue weighted by atomic mass is 10.1. The second kappa shape index (κ2) is 11.7. The Labute approximate surface area is 180 Å². The summed E-state index contributed by atoms with van der Waals surface area (Å²) in [6.07, 6.45) is 2.44. The normalized spacial score (nSPS) is 11.7. The number of carboxylic acid groups (broad SMARTS) is 1. The molecule has 0 aromatic heterocycles. The average molecular weight is 437 g/mol. The van der Waals surface area contributed by atoms with Crippen LogP contribution in [0.1, 0.15) is 17.5 Å². The van der Waals surface area contributed by atoms with E-state index in [0.29, 0.717) is 28.4 Å². The van der Waals surface area contributed by atoms with E-state index in [9.17, 15) is 14.7 Å². The van der Waals surface area contributed by atoms with Crippen molar-refractivity contribution in [2.24, 2.45) is 0 Å². The summed E-state index contributed by atoms with van der Waals surface area (Å²) < 4.78 is 5.66. The number of rotatable bonds is 11. The number of thioether (sulfide) groups is 1. The van der Waals surface area contributed by atoms with E-state index < -0.39 is 12.0 Å². The fourth-order valence-corrected chi connectivity index (χ4v) is 3.25. The molecule has 2 aromatic rings. The maximum absolute atomic E-state index is 12.2. The van der Waals surface area contributed by atoms with E-state index in [0.717, 1.165) is 11.3 Å². The summed E-state index contributed by atoms with van der Waals surface area (Å²) in [4.78, 5) is 23.6. The summed E-state index contributed by atoms with van der Waals surface area (Å²) >= 11 is 7.67. The summed E-state index contributed by atoms with van der Waals surface area (Å²) in [5.41, 5.74) is 2.49. The van der Waals surface area contributed by atoms with Gasteiger partial charge in [0.25, 0.3) is 5.91 Å². The highest BCUT2D eigenvalue weighted by molar-refractivity contribution is 7.98. The highest BCUT2D eigenvalue weighted by Gasteiger charge is 2.17. The highest BCUT2D eigenvalue weighted by atomic mass is 35.5. The molecule has 156 valence electrons. The van der Waals surface area contributed by atoms with Crippen LogP contribution in [0.5, 0.6) is 5.75 Å². The van der Waals surface area contributed by atoms with Crippen LogP contribution in [0.15, 0.2) is 42.5 Å². The van der Waals surface area contributed by atoms with Crippen LogP contribution in [0.25, 0.3) is 0 Å². The molecule has 1 unspecified atom stereocenters. The quantitative estimate of drug-likeness (QED) is 0.494. The Morgan fingerprint density at radius 3 is 2.59 bits per heavy atom. The molecule has 3 N–H and O–H groups in total. The number of amides is 1. The molecule has 2 aromatic carbocycles. The number of aryl methyl sites for hydroxylation is 1. The van der Waals surface area contributed by atoms with E-state index in [4.69, 9.17) is 16.3 Å². The number of benzene rings is 2. The first-order chi connectivity index (χ1) is 13.9. The smallest absolute Gasteiger partial charge is 0.320 e. The Morgan fingerprint density at radius 1 is 1.21 bits per heavy atom. The molecule has 0 fully saturated rings. The van der Waals surface area contributed by atoms with Crippen LogP contribution in [-0.2, 0) is 16.1 Å². The number of hydrogen-bond acceptors (Lipinski definition) is 5.